The van der Waals surface area contributed by atoms with Gasteiger partial charge < -0.3 is 5.73 Å². The van der Waals surface area contributed by atoms with Crippen LogP contribution in [0.15, 0.2) is 24.5 Å². The van der Waals surface area contributed by atoms with E-state index < -0.39 is 0 Å². The van der Waals surface area contributed by atoms with Gasteiger partial charge >= 0.3 is 0 Å². The standard InChI is InChI=1S/C11H16N2O/c1-9(2)3-6-13-7-4-10(5-8-13)11(12)14/h4-5,7-9H,3,6H2,1-2H3,(H-,12,14)/p+1. The Hall–Kier alpha value is -1.38. The van der Waals surface area contributed by atoms with Crippen molar-refractivity contribution in [2.75, 3.05) is 0 Å². The van der Waals surface area contributed by atoms with Crippen LogP contribution >= 0.6 is 0 Å². The molecule has 0 saturated heterocycles. The van der Waals surface area contributed by atoms with Crippen LogP contribution < -0.4 is 10.3 Å². The lowest BCUT2D eigenvalue weighted by Crippen LogP contribution is -2.33. The van der Waals surface area contributed by atoms with E-state index in [0.717, 1.165) is 13.0 Å². The molecule has 3 heteroatoms. The van der Waals surface area contributed by atoms with Gasteiger partial charge in [0.2, 0.25) is 5.91 Å². The number of amides is 1. The number of nitrogens with two attached hydrogens (primary N) is 1. The third-order valence-corrected chi connectivity index (χ3v) is 2.14. The molecular weight excluding hydrogens is 176 g/mol. The van der Waals surface area contributed by atoms with Gasteiger partial charge in [-0.15, -0.1) is 0 Å². The molecule has 2 N–H and O–H groups in total. The number of nitrogens with zero attached hydrogens (tertiary/aromatic N) is 1. The maximum Gasteiger partial charge on any atom is 0.249 e. The molecular formula is C11H17N2O+. The van der Waals surface area contributed by atoms with E-state index in [1.54, 1.807) is 12.1 Å². The van der Waals surface area contributed by atoms with E-state index in [1.165, 1.54) is 0 Å². The van der Waals surface area contributed by atoms with Gasteiger partial charge in [0.1, 0.15) is 6.54 Å². The van der Waals surface area contributed by atoms with Crippen LogP contribution in [0.3, 0.4) is 0 Å². The summed E-state index contributed by atoms with van der Waals surface area (Å²) in [6.45, 7) is 5.37. The maximum absolute atomic E-state index is 10.8. The highest BCUT2D eigenvalue weighted by atomic mass is 16.1. The number of rotatable bonds is 4. The van der Waals surface area contributed by atoms with Crippen LogP contribution in [0.2, 0.25) is 0 Å². The number of carbonyl (C=O) groups excluding carboxylic acids is 1. The van der Waals surface area contributed by atoms with Gasteiger partial charge in [-0.25, -0.2) is 4.57 Å². The van der Waals surface area contributed by atoms with Crippen LogP contribution in [0.1, 0.15) is 30.6 Å². The number of aromatic nitrogens is 1. The Balaban J connectivity index is 2.60. The second-order valence-corrected chi connectivity index (χ2v) is 3.87. The highest BCUT2D eigenvalue weighted by Crippen LogP contribution is 1.98. The fourth-order valence-electron chi connectivity index (χ4n) is 1.18. The van der Waals surface area contributed by atoms with Crippen LogP contribution in [0.4, 0.5) is 0 Å². The molecule has 0 aliphatic rings. The van der Waals surface area contributed by atoms with Gasteiger partial charge in [0, 0.05) is 18.6 Å². The summed E-state index contributed by atoms with van der Waals surface area (Å²) in [6.07, 6.45) is 4.92. The molecule has 1 amide bonds. The van der Waals surface area contributed by atoms with Gasteiger partial charge in [-0.1, -0.05) is 13.8 Å². The Morgan fingerprint density at radius 2 is 2.00 bits per heavy atom. The van der Waals surface area contributed by atoms with Crippen molar-refractivity contribution in [3.8, 4) is 0 Å². The molecule has 1 rings (SSSR count). The first kappa shape index (κ1) is 10.7. The second kappa shape index (κ2) is 4.74. The molecule has 76 valence electrons. The van der Waals surface area contributed by atoms with Crippen molar-refractivity contribution < 1.29 is 9.36 Å². The minimum atomic E-state index is -0.374. The number of hydrogen-bond donors (Lipinski definition) is 1. The lowest BCUT2D eigenvalue weighted by atomic mass is 10.1. The summed E-state index contributed by atoms with van der Waals surface area (Å²) in [5.74, 6) is 0.319. The van der Waals surface area contributed by atoms with Crippen molar-refractivity contribution in [2.24, 2.45) is 11.7 Å². The highest BCUT2D eigenvalue weighted by molar-refractivity contribution is 5.92. The quantitative estimate of drug-likeness (QED) is 0.716. The molecule has 0 aliphatic heterocycles. The molecule has 14 heavy (non-hydrogen) atoms. The maximum atomic E-state index is 10.8. The summed E-state index contributed by atoms with van der Waals surface area (Å²) >= 11 is 0. The number of pyridine rings is 1. The van der Waals surface area contributed by atoms with Crippen LogP contribution in [0, 0.1) is 5.92 Å². The molecule has 0 spiro atoms. The lowest BCUT2D eigenvalue weighted by Gasteiger charge is -2.00. The highest BCUT2D eigenvalue weighted by Gasteiger charge is 2.05. The third kappa shape index (κ3) is 3.17. The first-order valence-corrected chi connectivity index (χ1v) is 4.88. The summed E-state index contributed by atoms with van der Waals surface area (Å²) in [7, 11) is 0. The second-order valence-electron chi connectivity index (χ2n) is 3.87. The largest absolute Gasteiger partial charge is 0.366 e. The molecule has 3 nitrogen and oxygen atoms in total. The van der Waals surface area contributed by atoms with Crippen LogP contribution in [0.5, 0.6) is 0 Å². The van der Waals surface area contributed by atoms with E-state index in [0.29, 0.717) is 11.5 Å². The topological polar surface area (TPSA) is 47.0 Å². The molecule has 0 fully saturated rings. The fourth-order valence-corrected chi connectivity index (χ4v) is 1.18. The molecule has 0 unspecified atom stereocenters. The average Bonchev–Trinajstić information content (AvgIpc) is 2.15. The Morgan fingerprint density at radius 1 is 1.43 bits per heavy atom. The molecule has 0 aliphatic carbocycles. The van der Waals surface area contributed by atoms with Crippen molar-refractivity contribution in [2.45, 2.75) is 26.8 Å². The molecule has 0 saturated carbocycles. The van der Waals surface area contributed by atoms with Gasteiger partial charge in [0.25, 0.3) is 0 Å². The minimum absolute atomic E-state index is 0.374. The van der Waals surface area contributed by atoms with Crippen molar-refractivity contribution in [3.05, 3.63) is 30.1 Å². The number of carbonyl (C=O) groups is 1. The summed E-state index contributed by atoms with van der Waals surface area (Å²) in [6, 6.07) is 3.51. The Bertz CT molecular complexity index is 304. The molecule has 1 aromatic rings. The summed E-state index contributed by atoms with van der Waals surface area (Å²) in [4.78, 5) is 10.8. The van der Waals surface area contributed by atoms with E-state index in [2.05, 4.69) is 18.4 Å². The van der Waals surface area contributed by atoms with Gasteiger partial charge in [0.05, 0.1) is 5.56 Å². The van der Waals surface area contributed by atoms with Crippen molar-refractivity contribution in [3.63, 3.8) is 0 Å². The Labute approximate surface area is 84.6 Å². The molecule has 0 bridgehead atoms. The predicted molar refractivity (Wildman–Crippen MR) is 54.6 cm³/mol. The molecule has 0 atom stereocenters. The lowest BCUT2D eigenvalue weighted by molar-refractivity contribution is -0.698. The van der Waals surface area contributed by atoms with E-state index in [4.69, 9.17) is 5.73 Å². The Morgan fingerprint density at radius 3 is 2.43 bits per heavy atom. The van der Waals surface area contributed by atoms with E-state index in [-0.39, 0.29) is 5.91 Å². The van der Waals surface area contributed by atoms with Crippen LogP contribution in [-0.2, 0) is 6.54 Å². The summed E-state index contributed by atoms with van der Waals surface area (Å²) in [5.41, 5.74) is 5.70. The predicted octanol–water partition coefficient (Wildman–Crippen LogP) is 1.12. The van der Waals surface area contributed by atoms with Crippen molar-refractivity contribution in [1.82, 2.24) is 0 Å². The number of primary amides is 1. The van der Waals surface area contributed by atoms with Gasteiger partial charge in [0.15, 0.2) is 12.4 Å². The zero-order valence-electron chi connectivity index (χ0n) is 8.73. The van der Waals surface area contributed by atoms with Gasteiger partial charge in [-0.05, 0) is 5.92 Å². The zero-order valence-corrected chi connectivity index (χ0v) is 8.73. The third-order valence-electron chi connectivity index (χ3n) is 2.14. The average molecular weight is 193 g/mol. The van der Waals surface area contributed by atoms with E-state index >= 15 is 0 Å². The number of aryl methyl sites for hydroxylation is 1. The zero-order chi connectivity index (χ0) is 10.6. The normalized spacial score (nSPS) is 10.5. The SMILES string of the molecule is CC(C)CC[n+]1ccc(C(N)=O)cc1. The van der Waals surface area contributed by atoms with E-state index in [9.17, 15) is 4.79 Å². The summed E-state index contributed by atoms with van der Waals surface area (Å²) in [5, 5.41) is 0. The van der Waals surface area contributed by atoms with Crippen LogP contribution in [0.25, 0.3) is 0 Å². The monoisotopic (exact) mass is 193 g/mol. The number of hydrogen-bond acceptors (Lipinski definition) is 1. The first-order valence-electron chi connectivity index (χ1n) is 4.88. The van der Waals surface area contributed by atoms with E-state index in [1.807, 2.05) is 12.4 Å². The molecule has 1 heterocycles. The first-order chi connectivity index (χ1) is 6.59. The van der Waals surface area contributed by atoms with Crippen molar-refractivity contribution in [1.29, 1.82) is 0 Å². The van der Waals surface area contributed by atoms with Crippen LogP contribution in [-0.4, -0.2) is 5.91 Å². The molecule has 0 radical (unpaired) electrons. The smallest absolute Gasteiger partial charge is 0.249 e. The Kier molecular flexibility index (Phi) is 3.63. The fraction of sp³-hybridized carbons (Fsp3) is 0.455. The van der Waals surface area contributed by atoms with Gasteiger partial charge in [-0.3, -0.25) is 4.79 Å². The molecule has 1 aromatic heterocycles. The summed E-state index contributed by atoms with van der Waals surface area (Å²) < 4.78 is 2.06. The van der Waals surface area contributed by atoms with Gasteiger partial charge in [-0.2, -0.15) is 0 Å². The van der Waals surface area contributed by atoms with Crippen molar-refractivity contribution >= 4 is 5.91 Å². The molecule has 0 aromatic carbocycles. The minimum Gasteiger partial charge on any atom is -0.366 e.